The van der Waals surface area contributed by atoms with E-state index in [0.717, 1.165) is 0 Å². The van der Waals surface area contributed by atoms with Gasteiger partial charge in [-0.1, -0.05) is 0 Å². The summed E-state index contributed by atoms with van der Waals surface area (Å²) in [5.41, 5.74) is -0.862. The van der Waals surface area contributed by atoms with Crippen molar-refractivity contribution in [3.05, 3.63) is 29.3 Å². The molecule has 1 aliphatic heterocycles. The Balaban J connectivity index is 1.82. The van der Waals surface area contributed by atoms with Crippen LogP contribution in [0, 0.1) is 17.6 Å². The van der Waals surface area contributed by atoms with Gasteiger partial charge in [0.05, 0.1) is 17.3 Å². The maximum absolute atomic E-state index is 13.9. The SMILES string of the molecule is CNC(=O)C(=O)C(C[C@@H]1CCNC1=O)NC(=O)c1cc(F)c(F)cc1NC(=O)OC1CC1. The average molecular weight is 452 g/mol. The van der Waals surface area contributed by atoms with Crippen LogP contribution in [0.25, 0.3) is 0 Å². The minimum atomic E-state index is -1.41. The summed E-state index contributed by atoms with van der Waals surface area (Å²) in [6.45, 7) is 0.388. The smallest absolute Gasteiger partial charge is 0.411 e. The number of ketones is 1. The summed E-state index contributed by atoms with van der Waals surface area (Å²) in [4.78, 5) is 61.0. The molecule has 0 bridgehead atoms. The summed E-state index contributed by atoms with van der Waals surface area (Å²) < 4.78 is 32.6. The zero-order valence-corrected chi connectivity index (χ0v) is 17.1. The molecule has 172 valence electrons. The quantitative estimate of drug-likeness (QED) is 0.426. The zero-order chi connectivity index (χ0) is 23.4. The molecule has 0 aromatic heterocycles. The molecule has 1 aromatic carbocycles. The van der Waals surface area contributed by atoms with E-state index in [2.05, 4.69) is 21.3 Å². The molecule has 2 atom stereocenters. The van der Waals surface area contributed by atoms with Crippen LogP contribution in [-0.2, 0) is 19.1 Å². The minimum absolute atomic E-state index is 0.167. The molecule has 4 N–H and O–H groups in total. The predicted octanol–water partition coefficient (Wildman–Crippen LogP) is 0.615. The van der Waals surface area contributed by atoms with E-state index in [4.69, 9.17) is 4.74 Å². The van der Waals surface area contributed by atoms with E-state index >= 15 is 0 Å². The third-order valence-corrected chi connectivity index (χ3v) is 5.10. The molecular formula is C20H22F2N4O6. The van der Waals surface area contributed by atoms with Gasteiger partial charge in [0.25, 0.3) is 11.8 Å². The van der Waals surface area contributed by atoms with Gasteiger partial charge in [-0.25, -0.2) is 13.6 Å². The molecule has 1 saturated heterocycles. The number of halogens is 2. The first-order valence-corrected chi connectivity index (χ1v) is 10.0. The van der Waals surface area contributed by atoms with Crippen molar-refractivity contribution in [3.63, 3.8) is 0 Å². The van der Waals surface area contributed by atoms with Gasteiger partial charge >= 0.3 is 6.09 Å². The zero-order valence-electron chi connectivity index (χ0n) is 17.1. The Hall–Kier alpha value is -3.57. The number of benzene rings is 1. The molecule has 0 radical (unpaired) electrons. The number of amides is 4. The summed E-state index contributed by atoms with van der Waals surface area (Å²) in [6.07, 6.45) is 0.363. The molecule has 4 amide bonds. The van der Waals surface area contributed by atoms with Crippen LogP contribution in [-0.4, -0.2) is 55.3 Å². The van der Waals surface area contributed by atoms with E-state index in [0.29, 0.717) is 37.9 Å². The monoisotopic (exact) mass is 452 g/mol. The number of nitrogens with one attached hydrogen (secondary N) is 4. The highest BCUT2D eigenvalue weighted by Crippen LogP contribution is 2.26. The van der Waals surface area contributed by atoms with Gasteiger partial charge in [-0.3, -0.25) is 24.5 Å². The Morgan fingerprint density at radius 1 is 1.16 bits per heavy atom. The van der Waals surface area contributed by atoms with E-state index in [1.54, 1.807) is 0 Å². The largest absolute Gasteiger partial charge is 0.446 e. The number of rotatable bonds is 8. The lowest BCUT2D eigenvalue weighted by atomic mass is 9.95. The number of ether oxygens (including phenoxy) is 1. The summed E-state index contributed by atoms with van der Waals surface area (Å²) >= 11 is 0. The molecule has 0 spiro atoms. The fraction of sp³-hybridized carbons (Fsp3) is 0.450. The highest BCUT2D eigenvalue weighted by Gasteiger charge is 2.34. The predicted molar refractivity (Wildman–Crippen MR) is 106 cm³/mol. The number of Topliss-reactive ketones (excluding diaryl/α,β-unsaturated/α-hetero) is 1. The van der Waals surface area contributed by atoms with E-state index in [-0.39, 0.29) is 24.1 Å². The van der Waals surface area contributed by atoms with Gasteiger partial charge in [0.2, 0.25) is 11.7 Å². The highest BCUT2D eigenvalue weighted by molar-refractivity contribution is 6.38. The van der Waals surface area contributed by atoms with Crippen LogP contribution >= 0.6 is 0 Å². The van der Waals surface area contributed by atoms with Gasteiger partial charge in [-0.2, -0.15) is 0 Å². The van der Waals surface area contributed by atoms with Crippen molar-refractivity contribution >= 4 is 35.3 Å². The Morgan fingerprint density at radius 3 is 2.44 bits per heavy atom. The molecule has 32 heavy (non-hydrogen) atoms. The first-order valence-electron chi connectivity index (χ1n) is 10.0. The average Bonchev–Trinajstić information content (AvgIpc) is 3.47. The van der Waals surface area contributed by atoms with Crippen molar-refractivity contribution < 1.29 is 37.5 Å². The standard InChI is InChI=1S/C20H22F2N4O6/c1-23-19(30)16(27)15(6-9-4-5-24-17(9)28)25-18(29)11-7-12(21)13(22)8-14(11)26-20(31)32-10-2-3-10/h7-10,15H,2-6H2,1H3,(H,23,30)(H,24,28)(H,25,29)(H,26,31)/t9-,15?/m0/s1. The maximum atomic E-state index is 13.9. The number of hydrogen-bond acceptors (Lipinski definition) is 6. The van der Waals surface area contributed by atoms with Gasteiger partial charge < -0.3 is 20.7 Å². The first kappa shape index (κ1) is 23.1. The molecule has 12 heteroatoms. The fourth-order valence-electron chi connectivity index (χ4n) is 3.22. The van der Waals surface area contributed by atoms with Crippen molar-refractivity contribution in [2.45, 2.75) is 37.8 Å². The molecule has 3 rings (SSSR count). The number of anilines is 1. The molecule has 2 aliphatic rings. The molecule has 10 nitrogen and oxygen atoms in total. The van der Waals surface area contributed by atoms with E-state index in [9.17, 15) is 32.8 Å². The molecule has 2 fully saturated rings. The summed E-state index contributed by atoms with van der Waals surface area (Å²) in [5, 5.41) is 9.23. The van der Waals surface area contributed by atoms with Crippen LogP contribution in [0.2, 0.25) is 0 Å². The molecule has 1 heterocycles. The highest BCUT2D eigenvalue weighted by atomic mass is 19.2. The number of carbonyl (C=O) groups excluding carboxylic acids is 5. The van der Waals surface area contributed by atoms with Gasteiger partial charge in [0.1, 0.15) is 6.10 Å². The number of carbonyl (C=O) groups is 5. The topological polar surface area (TPSA) is 143 Å². The molecule has 1 aromatic rings. The van der Waals surface area contributed by atoms with E-state index < -0.39 is 52.8 Å². The van der Waals surface area contributed by atoms with E-state index in [1.165, 1.54) is 7.05 Å². The fourth-order valence-corrected chi connectivity index (χ4v) is 3.22. The van der Waals surface area contributed by atoms with Crippen LogP contribution in [0.15, 0.2) is 12.1 Å². The second-order valence-corrected chi connectivity index (χ2v) is 7.52. The maximum Gasteiger partial charge on any atom is 0.411 e. The molecule has 1 saturated carbocycles. The second-order valence-electron chi connectivity index (χ2n) is 7.52. The van der Waals surface area contributed by atoms with Crippen LogP contribution < -0.4 is 21.3 Å². The molecule has 1 unspecified atom stereocenters. The lowest BCUT2D eigenvalue weighted by molar-refractivity contribution is -0.139. The molecular weight excluding hydrogens is 430 g/mol. The van der Waals surface area contributed by atoms with Crippen LogP contribution in [0.1, 0.15) is 36.0 Å². The summed E-state index contributed by atoms with van der Waals surface area (Å²) in [6, 6.07) is -0.241. The third-order valence-electron chi connectivity index (χ3n) is 5.10. The van der Waals surface area contributed by atoms with Crippen molar-refractivity contribution in [1.29, 1.82) is 0 Å². The van der Waals surface area contributed by atoms with Crippen LogP contribution in [0.4, 0.5) is 19.3 Å². The van der Waals surface area contributed by atoms with Crippen LogP contribution in [0.3, 0.4) is 0 Å². The van der Waals surface area contributed by atoms with E-state index in [1.807, 2.05) is 0 Å². The number of likely N-dealkylation sites (N-methyl/N-ethyl adjacent to an activating group) is 1. The normalized spacial score (nSPS) is 18.3. The lowest BCUT2D eigenvalue weighted by Gasteiger charge is -2.20. The van der Waals surface area contributed by atoms with Gasteiger partial charge in [-0.15, -0.1) is 0 Å². The first-order chi connectivity index (χ1) is 15.2. The van der Waals surface area contributed by atoms with Crippen molar-refractivity contribution in [1.82, 2.24) is 16.0 Å². The summed E-state index contributed by atoms with van der Waals surface area (Å²) in [7, 11) is 1.23. The Kier molecular flexibility index (Phi) is 7.01. The minimum Gasteiger partial charge on any atom is -0.446 e. The van der Waals surface area contributed by atoms with Crippen molar-refractivity contribution in [3.8, 4) is 0 Å². The lowest BCUT2D eigenvalue weighted by Crippen LogP contribution is -2.48. The van der Waals surface area contributed by atoms with Gasteiger partial charge in [0, 0.05) is 25.6 Å². The van der Waals surface area contributed by atoms with Crippen molar-refractivity contribution in [2.75, 3.05) is 18.9 Å². The summed E-state index contributed by atoms with van der Waals surface area (Å²) in [5.74, 6) is -6.68. The Morgan fingerprint density at radius 2 is 1.84 bits per heavy atom. The van der Waals surface area contributed by atoms with Crippen molar-refractivity contribution in [2.24, 2.45) is 5.92 Å². The number of hydrogen-bond donors (Lipinski definition) is 4. The second kappa shape index (κ2) is 9.71. The Labute approximate surface area is 181 Å². The molecule has 1 aliphatic carbocycles. The Bertz CT molecular complexity index is 966. The van der Waals surface area contributed by atoms with Crippen LogP contribution in [0.5, 0.6) is 0 Å². The van der Waals surface area contributed by atoms with Gasteiger partial charge in [-0.05, 0) is 31.7 Å². The van der Waals surface area contributed by atoms with Gasteiger partial charge in [0.15, 0.2) is 11.6 Å². The third kappa shape index (κ3) is 5.56.